The summed E-state index contributed by atoms with van der Waals surface area (Å²) in [4.78, 5) is 0. The van der Waals surface area contributed by atoms with E-state index in [1.54, 1.807) is 0 Å². The molecule has 2 aliphatic rings. The first-order chi connectivity index (χ1) is 9.72. The van der Waals surface area contributed by atoms with Crippen LogP contribution in [-0.4, -0.2) is 53.7 Å². The molecule has 1 atom stereocenters. The molecule has 0 spiro atoms. The lowest BCUT2D eigenvalue weighted by Gasteiger charge is -2.37. The fourth-order valence-electron chi connectivity index (χ4n) is 3.60. The Bertz CT molecular complexity index is 511. The van der Waals surface area contributed by atoms with E-state index in [1.807, 2.05) is 0 Å². The van der Waals surface area contributed by atoms with E-state index in [0.717, 1.165) is 0 Å². The standard InChI is InChI=1S/C17H26N3/c1-4-15-13-14-9-5-6-10-16(14)17(18(2)3)20(15)19-11-7-8-12-19/h5-6,9-10,15H,4,7-8,11-13H2,1-3H3/q+1. The van der Waals surface area contributed by atoms with Crippen LogP contribution in [0.25, 0.3) is 0 Å². The number of fused-ring (bicyclic) bond motifs is 1. The second-order valence-corrected chi connectivity index (χ2v) is 6.15. The van der Waals surface area contributed by atoms with Gasteiger partial charge in [0.2, 0.25) is 0 Å². The van der Waals surface area contributed by atoms with Crippen LogP contribution in [0.2, 0.25) is 0 Å². The third-order valence-corrected chi connectivity index (χ3v) is 4.56. The largest absolute Gasteiger partial charge is 0.297 e. The van der Waals surface area contributed by atoms with Gasteiger partial charge in [0.15, 0.2) is 0 Å². The number of hydrazine groups is 1. The van der Waals surface area contributed by atoms with Crippen molar-refractivity contribution in [3.63, 3.8) is 0 Å². The number of rotatable bonds is 2. The lowest BCUT2D eigenvalue weighted by Crippen LogP contribution is -2.56. The van der Waals surface area contributed by atoms with E-state index in [4.69, 9.17) is 0 Å². The summed E-state index contributed by atoms with van der Waals surface area (Å²) in [6.07, 6.45) is 5.02. The molecule has 0 aromatic heterocycles. The van der Waals surface area contributed by atoms with Gasteiger partial charge in [-0.25, -0.2) is 0 Å². The van der Waals surface area contributed by atoms with Gasteiger partial charge in [-0.05, 0) is 30.9 Å². The van der Waals surface area contributed by atoms with E-state index >= 15 is 0 Å². The van der Waals surface area contributed by atoms with Crippen molar-refractivity contribution in [2.24, 2.45) is 0 Å². The first kappa shape index (κ1) is 13.6. The Morgan fingerprint density at radius 2 is 1.85 bits per heavy atom. The second-order valence-electron chi connectivity index (χ2n) is 6.15. The number of nitrogens with zero attached hydrogens (tertiary/aromatic N) is 3. The fraction of sp³-hybridized carbons (Fsp3) is 0.588. The van der Waals surface area contributed by atoms with Crippen LogP contribution < -0.4 is 0 Å². The second kappa shape index (κ2) is 5.57. The van der Waals surface area contributed by atoms with Gasteiger partial charge in [0, 0.05) is 19.5 Å². The van der Waals surface area contributed by atoms with Crippen molar-refractivity contribution in [3.05, 3.63) is 35.4 Å². The van der Waals surface area contributed by atoms with E-state index < -0.39 is 0 Å². The molecule has 0 saturated carbocycles. The Morgan fingerprint density at radius 3 is 2.50 bits per heavy atom. The molecule has 1 unspecified atom stereocenters. The number of benzene rings is 1. The van der Waals surface area contributed by atoms with E-state index in [-0.39, 0.29) is 0 Å². The Labute approximate surface area is 122 Å². The molecule has 0 radical (unpaired) electrons. The SMILES string of the molecule is CCC1Cc2ccccc2C(=[N+](C)C)N1N1CCCC1. The van der Waals surface area contributed by atoms with Gasteiger partial charge in [0.25, 0.3) is 5.84 Å². The van der Waals surface area contributed by atoms with Gasteiger partial charge in [-0.2, -0.15) is 5.01 Å². The third kappa shape index (κ3) is 2.24. The topological polar surface area (TPSA) is 9.49 Å². The molecule has 1 fully saturated rings. The maximum absolute atomic E-state index is 2.59. The molecule has 108 valence electrons. The quantitative estimate of drug-likeness (QED) is 0.765. The van der Waals surface area contributed by atoms with Gasteiger partial charge in [-0.15, -0.1) is 5.01 Å². The Kier molecular flexibility index (Phi) is 3.79. The van der Waals surface area contributed by atoms with Crippen molar-refractivity contribution in [1.29, 1.82) is 0 Å². The number of hydrogen-bond donors (Lipinski definition) is 0. The highest BCUT2D eigenvalue weighted by Gasteiger charge is 2.41. The molecule has 3 rings (SSSR count). The van der Waals surface area contributed by atoms with Crippen molar-refractivity contribution in [1.82, 2.24) is 10.0 Å². The predicted molar refractivity (Wildman–Crippen MR) is 83.1 cm³/mol. The highest BCUT2D eigenvalue weighted by atomic mass is 15.7. The smallest absolute Gasteiger partial charge is 0.265 e. The summed E-state index contributed by atoms with van der Waals surface area (Å²) >= 11 is 0. The molecule has 1 aromatic carbocycles. The lowest BCUT2D eigenvalue weighted by molar-refractivity contribution is -0.472. The number of amidine groups is 1. The zero-order chi connectivity index (χ0) is 14.1. The van der Waals surface area contributed by atoms with Crippen LogP contribution in [-0.2, 0) is 6.42 Å². The summed E-state index contributed by atoms with van der Waals surface area (Å²) in [7, 11) is 4.35. The maximum atomic E-state index is 2.59. The van der Waals surface area contributed by atoms with Crippen LogP contribution in [0.4, 0.5) is 0 Å². The van der Waals surface area contributed by atoms with Gasteiger partial charge >= 0.3 is 0 Å². The van der Waals surface area contributed by atoms with Crippen molar-refractivity contribution < 1.29 is 4.58 Å². The Morgan fingerprint density at radius 1 is 1.15 bits per heavy atom. The normalized spacial score (nSPS) is 23.1. The van der Waals surface area contributed by atoms with Crippen LogP contribution in [0.15, 0.2) is 24.3 Å². The molecule has 2 heterocycles. The zero-order valence-electron chi connectivity index (χ0n) is 13.0. The van der Waals surface area contributed by atoms with Crippen LogP contribution in [0.1, 0.15) is 37.3 Å². The van der Waals surface area contributed by atoms with E-state index in [9.17, 15) is 0 Å². The minimum atomic E-state index is 0.598. The highest BCUT2D eigenvalue weighted by molar-refractivity contribution is 5.97. The van der Waals surface area contributed by atoms with Gasteiger partial charge in [-0.1, -0.05) is 25.1 Å². The van der Waals surface area contributed by atoms with Crippen LogP contribution >= 0.6 is 0 Å². The zero-order valence-corrected chi connectivity index (χ0v) is 13.0. The molecule has 3 nitrogen and oxygen atoms in total. The van der Waals surface area contributed by atoms with Crippen molar-refractivity contribution >= 4 is 5.84 Å². The third-order valence-electron chi connectivity index (χ3n) is 4.56. The molecule has 20 heavy (non-hydrogen) atoms. The molecule has 0 aliphatic carbocycles. The van der Waals surface area contributed by atoms with E-state index in [0.29, 0.717) is 6.04 Å². The molecule has 3 heteroatoms. The van der Waals surface area contributed by atoms with Gasteiger partial charge in [-0.3, -0.25) is 4.58 Å². The minimum Gasteiger partial charge on any atom is -0.265 e. The average molecular weight is 272 g/mol. The first-order valence-electron chi connectivity index (χ1n) is 7.89. The van der Waals surface area contributed by atoms with Crippen LogP contribution in [0, 0.1) is 0 Å². The molecule has 0 N–H and O–H groups in total. The Balaban J connectivity index is 2.09. The van der Waals surface area contributed by atoms with E-state index in [2.05, 4.69) is 59.9 Å². The molecule has 0 amide bonds. The Hall–Kier alpha value is -1.35. The highest BCUT2D eigenvalue weighted by Crippen LogP contribution is 2.28. The van der Waals surface area contributed by atoms with Crippen molar-refractivity contribution in [2.75, 3.05) is 27.2 Å². The summed E-state index contributed by atoms with van der Waals surface area (Å²) in [5.41, 5.74) is 2.91. The molecular formula is C17H26N3+. The molecule has 2 aliphatic heterocycles. The summed E-state index contributed by atoms with van der Waals surface area (Å²) in [6.45, 7) is 4.72. The molecule has 1 saturated heterocycles. The summed E-state index contributed by atoms with van der Waals surface area (Å²) in [6, 6.07) is 9.50. The van der Waals surface area contributed by atoms with Gasteiger partial charge in [0.05, 0.1) is 19.7 Å². The number of hydrogen-bond acceptors (Lipinski definition) is 1. The molecule has 0 bridgehead atoms. The average Bonchev–Trinajstić information content (AvgIpc) is 2.98. The van der Waals surface area contributed by atoms with Gasteiger partial charge in [0.1, 0.15) is 6.04 Å². The van der Waals surface area contributed by atoms with E-state index in [1.165, 1.54) is 55.7 Å². The van der Waals surface area contributed by atoms with Crippen LogP contribution in [0.3, 0.4) is 0 Å². The molecular weight excluding hydrogens is 246 g/mol. The maximum Gasteiger partial charge on any atom is 0.297 e. The van der Waals surface area contributed by atoms with Crippen LogP contribution in [0.5, 0.6) is 0 Å². The predicted octanol–water partition coefficient (Wildman–Crippen LogP) is 2.35. The minimum absolute atomic E-state index is 0.598. The molecule has 1 aromatic rings. The summed E-state index contributed by atoms with van der Waals surface area (Å²) in [5.74, 6) is 1.38. The fourth-order valence-corrected chi connectivity index (χ4v) is 3.60. The monoisotopic (exact) mass is 272 g/mol. The first-order valence-corrected chi connectivity index (χ1v) is 7.89. The van der Waals surface area contributed by atoms with Gasteiger partial charge < -0.3 is 0 Å². The lowest BCUT2D eigenvalue weighted by atomic mass is 9.92. The summed E-state index contributed by atoms with van der Waals surface area (Å²) < 4.78 is 2.29. The van der Waals surface area contributed by atoms with Crippen molar-refractivity contribution in [3.8, 4) is 0 Å². The van der Waals surface area contributed by atoms with Crippen molar-refractivity contribution in [2.45, 2.75) is 38.6 Å². The summed E-state index contributed by atoms with van der Waals surface area (Å²) in [5, 5.41) is 5.16.